The number of hydrogen-bond donors (Lipinski definition) is 2. The van der Waals surface area contributed by atoms with Crippen molar-refractivity contribution in [1.29, 1.82) is 0 Å². The van der Waals surface area contributed by atoms with Gasteiger partial charge >= 0.3 is 0 Å². The van der Waals surface area contributed by atoms with Gasteiger partial charge in [-0.3, -0.25) is 9.79 Å². The quantitative estimate of drug-likeness (QED) is 0.843. The van der Waals surface area contributed by atoms with Crippen LogP contribution < -0.4 is 11.1 Å². The van der Waals surface area contributed by atoms with Crippen LogP contribution in [0.3, 0.4) is 0 Å². The highest BCUT2D eigenvalue weighted by atomic mass is 35.5. The Bertz CT molecular complexity index is 772. The lowest BCUT2D eigenvalue weighted by atomic mass is 9.98. The van der Waals surface area contributed by atoms with Crippen LogP contribution in [0.2, 0.25) is 5.02 Å². The van der Waals surface area contributed by atoms with Crippen LogP contribution >= 0.6 is 34.7 Å². The van der Waals surface area contributed by atoms with Crippen molar-refractivity contribution in [1.82, 2.24) is 5.32 Å². The second-order valence-corrected chi connectivity index (χ2v) is 8.43. The SMILES string of the molecule is CC1(c2ccc(C(=O)NCc3ccc(Cl)cc3)s2)CCSC(N)=N1. The lowest BCUT2D eigenvalue weighted by Crippen LogP contribution is -2.27. The molecule has 2 aromatic rings. The summed E-state index contributed by atoms with van der Waals surface area (Å²) in [5, 5.41) is 4.24. The third-order valence-electron chi connectivity index (χ3n) is 3.92. The van der Waals surface area contributed by atoms with Crippen molar-refractivity contribution in [2.75, 3.05) is 5.75 Å². The number of thiophene rings is 1. The van der Waals surface area contributed by atoms with Crippen molar-refractivity contribution >= 4 is 45.8 Å². The van der Waals surface area contributed by atoms with Crippen molar-refractivity contribution < 1.29 is 4.79 Å². The zero-order valence-corrected chi connectivity index (χ0v) is 15.6. The molecule has 0 bridgehead atoms. The molecule has 0 spiro atoms. The minimum absolute atomic E-state index is 0.0769. The topological polar surface area (TPSA) is 67.5 Å². The van der Waals surface area contributed by atoms with E-state index in [1.54, 1.807) is 11.8 Å². The average Bonchev–Trinajstić information content (AvgIpc) is 3.05. The largest absolute Gasteiger partial charge is 0.379 e. The lowest BCUT2D eigenvalue weighted by molar-refractivity contribution is 0.0955. The standard InChI is InChI=1S/C17H18ClN3OS2/c1-17(8-9-23-16(19)21-17)14-7-6-13(24-14)15(22)20-10-11-2-4-12(18)5-3-11/h2-7H,8-10H2,1H3,(H2,19,21)(H,20,22). The molecule has 1 unspecified atom stereocenters. The predicted octanol–water partition coefficient (Wildman–Crippen LogP) is 4.00. The van der Waals surface area contributed by atoms with Crippen LogP contribution in [0, 0.1) is 0 Å². The molecular formula is C17H18ClN3OS2. The van der Waals surface area contributed by atoms with E-state index in [9.17, 15) is 4.79 Å². The molecule has 4 nitrogen and oxygen atoms in total. The average molecular weight is 380 g/mol. The molecule has 1 aliphatic rings. The molecule has 24 heavy (non-hydrogen) atoms. The number of carbonyl (C=O) groups is 1. The maximum absolute atomic E-state index is 12.4. The van der Waals surface area contributed by atoms with E-state index in [0.29, 0.717) is 21.6 Å². The summed E-state index contributed by atoms with van der Waals surface area (Å²) in [4.78, 5) is 18.7. The Kier molecular flexibility index (Phi) is 5.18. The van der Waals surface area contributed by atoms with Gasteiger partial charge in [-0.15, -0.1) is 11.3 Å². The molecule has 0 saturated carbocycles. The first-order chi connectivity index (χ1) is 11.5. The molecule has 1 aromatic carbocycles. The van der Waals surface area contributed by atoms with Gasteiger partial charge in [-0.1, -0.05) is 35.5 Å². The molecule has 0 radical (unpaired) electrons. The fourth-order valence-electron chi connectivity index (χ4n) is 2.49. The van der Waals surface area contributed by atoms with Crippen LogP contribution in [-0.2, 0) is 12.1 Å². The molecule has 126 valence electrons. The fraction of sp³-hybridized carbons (Fsp3) is 0.294. The maximum atomic E-state index is 12.4. The fourth-order valence-corrected chi connectivity index (χ4v) is 4.63. The number of hydrogen-bond acceptors (Lipinski definition) is 5. The van der Waals surface area contributed by atoms with Gasteiger partial charge in [0.15, 0.2) is 5.17 Å². The number of thioether (sulfide) groups is 1. The molecule has 1 atom stereocenters. The van der Waals surface area contributed by atoms with E-state index >= 15 is 0 Å². The number of amidine groups is 1. The number of amides is 1. The summed E-state index contributed by atoms with van der Waals surface area (Å²) in [6, 6.07) is 11.3. The van der Waals surface area contributed by atoms with E-state index in [1.807, 2.05) is 36.4 Å². The first-order valence-electron chi connectivity index (χ1n) is 7.57. The molecule has 1 amide bonds. The maximum Gasteiger partial charge on any atom is 0.261 e. The highest BCUT2D eigenvalue weighted by Gasteiger charge is 2.31. The Labute approximate surface area is 154 Å². The smallest absolute Gasteiger partial charge is 0.261 e. The highest BCUT2D eigenvalue weighted by molar-refractivity contribution is 8.13. The van der Waals surface area contributed by atoms with E-state index in [0.717, 1.165) is 22.6 Å². The van der Waals surface area contributed by atoms with Crippen LogP contribution in [0.25, 0.3) is 0 Å². The molecule has 3 N–H and O–H groups in total. The summed E-state index contributed by atoms with van der Waals surface area (Å²) in [5.41, 5.74) is 6.55. The Morgan fingerprint density at radius 1 is 1.33 bits per heavy atom. The van der Waals surface area contributed by atoms with Crippen LogP contribution in [0.5, 0.6) is 0 Å². The van der Waals surface area contributed by atoms with Gasteiger partial charge in [0.1, 0.15) is 0 Å². The third kappa shape index (κ3) is 3.94. The van der Waals surface area contributed by atoms with Crippen LogP contribution in [0.4, 0.5) is 0 Å². The van der Waals surface area contributed by atoms with Crippen molar-refractivity contribution in [2.24, 2.45) is 10.7 Å². The van der Waals surface area contributed by atoms with Gasteiger partial charge < -0.3 is 11.1 Å². The minimum atomic E-state index is -0.325. The molecular weight excluding hydrogens is 362 g/mol. The number of halogens is 1. The zero-order valence-electron chi connectivity index (χ0n) is 13.2. The molecule has 2 heterocycles. The second kappa shape index (κ2) is 7.17. The summed E-state index contributed by atoms with van der Waals surface area (Å²) < 4.78 is 0. The van der Waals surface area contributed by atoms with Crippen LogP contribution in [0.1, 0.15) is 33.5 Å². The first-order valence-corrected chi connectivity index (χ1v) is 9.75. The van der Waals surface area contributed by atoms with E-state index in [2.05, 4.69) is 17.2 Å². The number of nitrogens with one attached hydrogen (secondary N) is 1. The van der Waals surface area contributed by atoms with Crippen LogP contribution in [-0.4, -0.2) is 16.8 Å². The van der Waals surface area contributed by atoms with E-state index in [1.165, 1.54) is 11.3 Å². The van der Waals surface area contributed by atoms with E-state index in [-0.39, 0.29) is 11.4 Å². The summed E-state index contributed by atoms with van der Waals surface area (Å²) in [6.45, 7) is 2.54. The van der Waals surface area contributed by atoms with Gasteiger partial charge in [0.2, 0.25) is 0 Å². The minimum Gasteiger partial charge on any atom is -0.379 e. The Hall–Kier alpha value is -1.50. The summed E-state index contributed by atoms with van der Waals surface area (Å²) in [5.74, 6) is 0.869. The Balaban J connectivity index is 1.67. The second-order valence-electron chi connectivity index (χ2n) is 5.80. The number of nitrogens with zero attached hydrogens (tertiary/aromatic N) is 1. The molecule has 7 heteroatoms. The third-order valence-corrected chi connectivity index (χ3v) is 6.31. The molecule has 3 rings (SSSR count). The normalized spacial score (nSPS) is 20.5. The van der Waals surface area contributed by atoms with Gasteiger partial charge in [0.25, 0.3) is 5.91 Å². The van der Waals surface area contributed by atoms with Crippen molar-refractivity contribution in [3.8, 4) is 0 Å². The summed E-state index contributed by atoms with van der Waals surface area (Å²) in [6.07, 6.45) is 0.921. The zero-order chi connectivity index (χ0) is 17.2. The van der Waals surface area contributed by atoms with Gasteiger partial charge in [-0.2, -0.15) is 0 Å². The molecule has 0 saturated heterocycles. The van der Waals surface area contributed by atoms with Crippen molar-refractivity contribution in [2.45, 2.75) is 25.4 Å². The molecule has 0 aliphatic carbocycles. The number of aliphatic imine (C=N–C) groups is 1. The highest BCUT2D eigenvalue weighted by Crippen LogP contribution is 2.38. The van der Waals surface area contributed by atoms with Crippen LogP contribution in [0.15, 0.2) is 41.4 Å². The molecule has 1 aliphatic heterocycles. The summed E-state index contributed by atoms with van der Waals surface area (Å²) >= 11 is 8.92. The monoisotopic (exact) mass is 379 g/mol. The predicted molar refractivity (Wildman–Crippen MR) is 103 cm³/mol. The molecule has 0 fully saturated rings. The lowest BCUT2D eigenvalue weighted by Gasteiger charge is -2.28. The molecule has 1 aromatic heterocycles. The van der Waals surface area contributed by atoms with E-state index < -0.39 is 0 Å². The van der Waals surface area contributed by atoms with Crippen molar-refractivity contribution in [3.63, 3.8) is 0 Å². The van der Waals surface area contributed by atoms with Gasteiger partial charge in [0, 0.05) is 22.2 Å². The number of benzene rings is 1. The van der Waals surface area contributed by atoms with E-state index in [4.69, 9.17) is 17.3 Å². The van der Waals surface area contributed by atoms with Gasteiger partial charge in [0.05, 0.1) is 10.4 Å². The first kappa shape index (κ1) is 17.3. The van der Waals surface area contributed by atoms with Gasteiger partial charge in [-0.25, -0.2) is 0 Å². The number of rotatable bonds is 4. The van der Waals surface area contributed by atoms with Gasteiger partial charge in [-0.05, 0) is 43.2 Å². The Morgan fingerprint density at radius 2 is 2.08 bits per heavy atom. The Morgan fingerprint density at radius 3 is 2.79 bits per heavy atom. The number of nitrogens with two attached hydrogens (primary N) is 1. The summed E-state index contributed by atoms with van der Waals surface area (Å²) in [7, 11) is 0. The number of carbonyl (C=O) groups excluding carboxylic acids is 1. The van der Waals surface area contributed by atoms with Crippen molar-refractivity contribution in [3.05, 3.63) is 56.7 Å².